The van der Waals surface area contributed by atoms with Crippen LogP contribution in [-0.2, 0) is 6.04 Å². The van der Waals surface area contributed by atoms with Crippen molar-refractivity contribution in [1.29, 1.82) is 0 Å². The van der Waals surface area contributed by atoms with Crippen molar-refractivity contribution in [3.63, 3.8) is 0 Å². The molecule has 2 aromatic carbocycles. The zero-order valence-electron chi connectivity index (χ0n) is 11.0. The van der Waals surface area contributed by atoms with Gasteiger partial charge >= 0.3 is 0 Å². The van der Waals surface area contributed by atoms with Gasteiger partial charge in [0.15, 0.2) is 0 Å². The first-order valence-corrected chi connectivity index (χ1v) is 10.7. The zero-order valence-corrected chi connectivity index (χ0v) is 13.0. The van der Waals surface area contributed by atoms with Crippen LogP contribution in [0.3, 0.4) is 0 Å². The van der Waals surface area contributed by atoms with E-state index in [9.17, 15) is 0 Å². The lowest BCUT2D eigenvalue weighted by molar-refractivity contribution is 0.655. The molecule has 0 N–H and O–H groups in total. The normalized spacial score (nSPS) is 10.6. The molecule has 0 aliphatic heterocycles. The minimum absolute atomic E-state index is 0.637. The average molecular weight is 280 g/mol. The molecule has 0 aliphatic rings. The quantitative estimate of drug-likeness (QED) is 0.667. The summed E-state index contributed by atoms with van der Waals surface area (Å²) in [5, 5.41) is 1.47. The smallest absolute Gasteiger partial charge is 0.222 e. The summed E-state index contributed by atoms with van der Waals surface area (Å²) in [4.78, 5) is 0. The lowest BCUT2D eigenvalue weighted by Crippen LogP contribution is -2.13. The number of hydrogen-bond acceptors (Lipinski definition) is 1. The maximum Gasteiger partial charge on any atom is 0.222 e. The van der Waals surface area contributed by atoms with Gasteiger partial charge in [-0.3, -0.25) is 0 Å². The predicted octanol–water partition coefficient (Wildman–Crippen LogP) is 3.68. The summed E-state index contributed by atoms with van der Waals surface area (Å²) in [7, 11) is -1.41. The Balaban J connectivity index is 1.91. The summed E-state index contributed by atoms with van der Waals surface area (Å²) in [6, 6.07) is 20.8. The molecule has 3 aromatic rings. The van der Waals surface area contributed by atoms with E-state index in [4.69, 9.17) is 4.10 Å². The second kappa shape index (κ2) is 5.59. The third-order valence-corrected chi connectivity index (χ3v) is 10.5. The monoisotopic (exact) mass is 280 g/mol. The molecule has 0 aliphatic carbocycles. The Labute approximate surface area is 116 Å². The van der Waals surface area contributed by atoms with Crippen LogP contribution in [0, 0.1) is 6.92 Å². The molecule has 3 heteroatoms. The van der Waals surface area contributed by atoms with Gasteiger partial charge < -0.3 is 4.10 Å². The Hall–Kier alpha value is -1.59. The number of hydrogen-bond donors (Lipinski definition) is 0. The fraction of sp³-hybridized carbons (Fsp3) is 0.125. The van der Waals surface area contributed by atoms with E-state index in [0.717, 1.165) is 6.04 Å². The van der Waals surface area contributed by atoms with Crippen LogP contribution >= 0.6 is 0 Å². The van der Waals surface area contributed by atoms with E-state index in [-0.39, 0.29) is 0 Å². The second-order valence-electron chi connectivity index (χ2n) is 4.79. The van der Waals surface area contributed by atoms with Crippen LogP contribution in [0.1, 0.15) is 11.1 Å². The average Bonchev–Trinajstić information content (AvgIpc) is 2.90. The summed E-state index contributed by atoms with van der Waals surface area (Å²) >= 11 is 0. The maximum atomic E-state index is 5.92. The number of benzene rings is 2. The summed E-state index contributed by atoms with van der Waals surface area (Å²) in [6.45, 7) is 2.13. The lowest BCUT2D eigenvalue weighted by Gasteiger charge is -2.02. The molecule has 0 saturated heterocycles. The first-order chi connectivity index (χ1) is 9.33. The largest absolute Gasteiger partial charge is 0.527 e. The van der Waals surface area contributed by atoms with Crippen LogP contribution in [0.2, 0.25) is 0 Å². The Morgan fingerprint density at radius 2 is 1.68 bits per heavy atom. The molecule has 94 valence electrons. The Kier molecular flexibility index (Phi) is 3.66. The van der Waals surface area contributed by atoms with Crippen LogP contribution in [0.25, 0.3) is 5.19 Å². The van der Waals surface area contributed by atoms with Crippen molar-refractivity contribution in [2.75, 3.05) is 0 Å². The van der Waals surface area contributed by atoms with Crippen LogP contribution in [0.5, 0.6) is 0 Å². The fourth-order valence-electron chi connectivity index (χ4n) is 2.24. The number of rotatable bonds is 3. The van der Waals surface area contributed by atoms with Gasteiger partial charge in [-0.05, 0) is 23.4 Å². The summed E-state index contributed by atoms with van der Waals surface area (Å²) in [5.41, 5.74) is 5.03. The van der Waals surface area contributed by atoms with Crippen molar-refractivity contribution in [3.05, 3.63) is 77.7 Å². The molecule has 0 atom stereocenters. The van der Waals surface area contributed by atoms with E-state index in [0.29, 0.717) is 0 Å². The van der Waals surface area contributed by atoms with E-state index >= 15 is 0 Å². The van der Waals surface area contributed by atoms with Crippen LogP contribution < -0.4 is 0 Å². The Bertz CT molecular complexity index is 657. The molecular formula is C16H16OSi2. The molecule has 0 saturated carbocycles. The molecule has 0 radical (unpaired) electrons. The Morgan fingerprint density at radius 3 is 2.42 bits per heavy atom. The molecule has 0 fully saturated rings. The molecule has 1 nitrogen and oxygen atoms in total. The van der Waals surface area contributed by atoms with Crippen LogP contribution in [0.15, 0.2) is 70.6 Å². The van der Waals surface area contributed by atoms with Gasteiger partial charge in [-0.25, -0.2) is 0 Å². The van der Waals surface area contributed by atoms with Crippen molar-refractivity contribution < 1.29 is 4.10 Å². The highest BCUT2D eigenvalue weighted by molar-refractivity contribution is 7.04. The van der Waals surface area contributed by atoms with Gasteiger partial charge in [-0.15, -0.1) is 0 Å². The lowest BCUT2D eigenvalue weighted by atomic mass is 10.2. The molecule has 3 rings (SSSR count). The Morgan fingerprint density at radius 1 is 0.947 bits per heavy atom. The SMILES string of the molecule is Cc1ccc(C[si]2occ[si]2-c2ccccc2)cc1. The highest BCUT2D eigenvalue weighted by Crippen LogP contribution is 2.09. The minimum atomic E-state index is -0.777. The van der Waals surface area contributed by atoms with E-state index < -0.39 is 16.1 Å². The fourth-order valence-corrected chi connectivity index (χ4v) is 9.07. The van der Waals surface area contributed by atoms with Gasteiger partial charge in [-0.1, -0.05) is 60.2 Å². The van der Waals surface area contributed by atoms with Gasteiger partial charge in [0.05, 0.1) is 6.26 Å². The van der Waals surface area contributed by atoms with Crippen molar-refractivity contribution in [3.8, 4) is 5.19 Å². The van der Waals surface area contributed by atoms with Gasteiger partial charge in [0.1, 0.15) is 7.90 Å². The molecule has 0 bridgehead atoms. The molecule has 0 spiro atoms. The first kappa shape index (κ1) is 12.4. The van der Waals surface area contributed by atoms with Crippen LogP contribution in [-0.4, -0.2) is 16.1 Å². The van der Waals surface area contributed by atoms with E-state index in [1.165, 1.54) is 16.3 Å². The van der Waals surface area contributed by atoms with Crippen molar-refractivity contribution >= 4 is 16.1 Å². The summed E-state index contributed by atoms with van der Waals surface area (Å²) < 4.78 is 5.92. The molecular weight excluding hydrogens is 264 g/mol. The third-order valence-electron chi connectivity index (χ3n) is 3.32. The molecule has 0 unspecified atom stereocenters. The molecule has 19 heavy (non-hydrogen) atoms. The zero-order chi connectivity index (χ0) is 13.1. The van der Waals surface area contributed by atoms with E-state index in [1.807, 2.05) is 6.26 Å². The summed E-state index contributed by atoms with van der Waals surface area (Å²) in [5.74, 6) is 0. The standard InChI is InChI=1S/C16H16OSi2/c1-14-7-9-15(10-8-14)13-19-17-11-12-18(19)16-5-3-2-4-6-16/h2-12H,13H2,1H3. The van der Waals surface area contributed by atoms with Crippen molar-refractivity contribution in [1.82, 2.24) is 0 Å². The number of aryl methyl sites for hydroxylation is 1. The van der Waals surface area contributed by atoms with Gasteiger partial charge in [0.25, 0.3) is 0 Å². The first-order valence-electron chi connectivity index (χ1n) is 6.50. The highest BCUT2D eigenvalue weighted by atomic mass is 29.0. The second-order valence-corrected chi connectivity index (χ2v) is 11.2. The summed E-state index contributed by atoms with van der Waals surface area (Å²) in [6.07, 6.45) is 1.93. The van der Waals surface area contributed by atoms with Crippen LogP contribution in [0.4, 0.5) is 0 Å². The van der Waals surface area contributed by atoms with E-state index in [1.54, 1.807) is 0 Å². The predicted molar refractivity (Wildman–Crippen MR) is 82.2 cm³/mol. The molecule has 0 amide bonds. The molecule has 1 heterocycles. The van der Waals surface area contributed by atoms with Gasteiger partial charge in [0.2, 0.25) is 8.15 Å². The highest BCUT2D eigenvalue weighted by Gasteiger charge is 2.11. The van der Waals surface area contributed by atoms with Gasteiger partial charge in [0, 0.05) is 6.04 Å². The molecule has 1 aromatic heterocycles. The minimum Gasteiger partial charge on any atom is -0.527 e. The van der Waals surface area contributed by atoms with E-state index in [2.05, 4.69) is 67.2 Å². The maximum absolute atomic E-state index is 5.92. The topological polar surface area (TPSA) is 13.1 Å². The van der Waals surface area contributed by atoms with Crippen molar-refractivity contribution in [2.24, 2.45) is 0 Å². The van der Waals surface area contributed by atoms with Gasteiger partial charge in [-0.2, -0.15) is 0 Å². The third kappa shape index (κ3) is 2.88. The van der Waals surface area contributed by atoms with Crippen molar-refractivity contribution in [2.45, 2.75) is 13.0 Å².